The molecule has 3 rings (SSSR count). The third kappa shape index (κ3) is 4.21. The summed E-state index contributed by atoms with van der Waals surface area (Å²) >= 11 is 6.27. The first-order valence-electron chi connectivity index (χ1n) is 8.12. The van der Waals surface area contributed by atoms with Crippen LogP contribution in [0.3, 0.4) is 0 Å². The van der Waals surface area contributed by atoms with E-state index in [2.05, 4.69) is 0 Å². The first-order chi connectivity index (χ1) is 13.2. The standard InChI is InChI=1S/C19H17NO5S3/c1-12-4-7-15(8-5-12)28(22,23)25-16-9-6-14(24-3)10-13(16)11-17-18(21)20(2)19(26)27-17/h4-11H,1-3H3/b17-11-. The van der Waals surface area contributed by atoms with Crippen molar-refractivity contribution in [2.45, 2.75) is 11.8 Å². The molecule has 0 atom stereocenters. The molecule has 1 saturated heterocycles. The monoisotopic (exact) mass is 435 g/mol. The second-order valence-electron chi connectivity index (χ2n) is 5.99. The minimum absolute atomic E-state index is 0.0414. The topological polar surface area (TPSA) is 72.9 Å². The van der Waals surface area contributed by atoms with Gasteiger partial charge in [-0.15, -0.1) is 0 Å². The second-order valence-corrected chi connectivity index (χ2v) is 9.22. The van der Waals surface area contributed by atoms with Gasteiger partial charge in [-0.3, -0.25) is 9.69 Å². The van der Waals surface area contributed by atoms with Crippen molar-refractivity contribution in [2.24, 2.45) is 0 Å². The van der Waals surface area contributed by atoms with Gasteiger partial charge in [0.1, 0.15) is 15.0 Å². The molecule has 1 fully saturated rings. The van der Waals surface area contributed by atoms with Crippen LogP contribution in [-0.4, -0.2) is 37.7 Å². The summed E-state index contributed by atoms with van der Waals surface area (Å²) in [6.45, 7) is 1.86. The van der Waals surface area contributed by atoms with E-state index in [1.807, 2.05) is 6.92 Å². The number of thiocarbonyl (C=S) groups is 1. The Hall–Kier alpha value is -2.36. The van der Waals surface area contributed by atoms with Gasteiger partial charge in [0.05, 0.1) is 12.0 Å². The molecule has 0 unspecified atom stereocenters. The number of benzene rings is 2. The van der Waals surface area contributed by atoms with Crippen LogP contribution in [0.1, 0.15) is 11.1 Å². The van der Waals surface area contributed by atoms with E-state index in [1.54, 1.807) is 37.4 Å². The number of ether oxygens (including phenoxy) is 1. The van der Waals surface area contributed by atoms with Gasteiger partial charge in [-0.2, -0.15) is 8.42 Å². The van der Waals surface area contributed by atoms with Gasteiger partial charge in [0.25, 0.3) is 5.91 Å². The number of hydrogen-bond donors (Lipinski definition) is 0. The number of likely N-dealkylation sites (N-methyl/N-ethyl adjacent to an activating group) is 1. The van der Waals surface area contributed by atoms with Gasteiger partial charge in [-0.05, 0) is 43.3 Å². The number of hydrogen-bond acceptors (Lipinski definition) is 7. The SMILES string of the molecule is COc1ccc(OS(=O)(=O)c2ccc(C)cc2)c(/C=C2\SC(=S)N(C)C2=O)c1. The lowest BCUT2D eigenvalue weighted by atomic mass is 10.1. The fraction of sp³-hybridized carbons (Fsp3) is 0.158. The Morgan fingerprint density at radius 1 is 1.14 bits per heavy atom. The summed E-state index contributed by atoms with van der Waals surface area (Å²) in [4.78, 5) is 14.1. The van der Waals surface area contributed by atoms with Crippen LogP contribution in [0.4, 0.5) is 0 Å². The number of methoxy groups -OCH3 is 1. The molecule has 0 aromatic heterocycles. The molecule has 0 spiro atoms. The fourth-order valence-electron chi connectivity index (χ4n) is 2.40. The third-order valence-corrected chi connectivity index (χ3v) is 6.73. The van der Waals surface area contributed by atoms with Gasteiger partial charge < -0.3 is 8.92 Å². The molecule has 1 aliphatic rings. The first kappa shape index (κ1) is 20.4. The number of nitrogens with zero attached hydrogens (tertiary/aromatic N) is 1. The van der Waals surface area contributed by atoms with Crippen LogP contribution in [0.15, 0.2) is 52.3 Å². The summed E-state index contributed by atoms with van der Waals surface area (Å²) in [6, 6.07) is 11.0. The summed E-state index contributed by atoms with van der Waals surface area (Å²) in [5, 5.41) is 0. The quantitative estimate of drug-likeness (QED) is 0.404. The van der Waals surface area contributed by atoms with Crippen LogP contribution in [0, 0.1) is 6.92 Å². The molecule has 0 saturated carbocycles. The van der Waals surface area contributed by atoms with Gasteiger partial charge in [-0.1, -0.05) is 41.7 Å². The normalized spacial score (nSPS) is 16.0. The Morgan fingerprint density at radius 3 is 2.39 bits per heavy atom. The summed E-state index contributed by atoms with van der Waals surface area (Å²) in [6.07, 6.45) is 1.55. The van der Waals surface area contributed by atoms with Gasteiger partial charge in [-0.25, -0.2) is 0 Å². The second kappa shape index (κ2) is 7.94. The van der Waals surface area contributed by atoms with Crippen LogP contribution in [-0.2, 0) is 14.9 Å². The van der Waals surface area contributed by atoms with Crippen molar-refractivity contribution in [3.63, 3.8) is 0 Å². The molecule has 1 amide bonds. The van der Waals surface area contributed by atoms with Gasteiger partial charge in [0.2, 0.25) is 0 Å². The van der Waals surface area contributed by atoms with Crippen LogP contribution >= 0.6 is 24.0 Å². The number of rotatable bonds is 5. The highest BCUT2D eigenvalue weighted by Crippen LogP contribution is 2.35. The zero-order valence-corrected chi connectivity index (χ0v) is 17.8. The number of carbonyl (C=O) groups is 1. The van der Waals surface area contributed by atoms with Crippen molar-refractivity contribution in [1.29, 1.82) is 0 Å². The Morgan fingerprint density at radius 2 is 1.82 bits per heavy atom. The Kier molecular flexibility index (Phi) is 5.78. The molecular formula is C19H17NO5S3. The maximum Gasteiger partial charge on any atom is 0.339 e. The highest BCUT2D eigenvalue weighted by Gasteiger charge is 2.29. The van der Waals surface area contributed by atoms with Gasteiger partial charge in [0, 0.05) is 12.6 Å². The third-order valence-electron chi connectivity index (χ3n) is 4.00. The lowest BCUT2D eigenvalue weighted by Gasteiger charge is -2.11. The van der Waals surface area contributed by atoms with E-state index in [9.17, 15) is 13.2 Å². The highest BCUT2D eigenvalue weighted by molar-refractivity contribution is 8.26. The molecule has 6 nitrogen and oxygen atoms in total. The lowest BCUT2D eigenvalue weighted by Crippen LogP contribution is -2.22. The number of amides is 1. The molecule has 1 heterocycles. The Labute approximate surface area is 173 Å². The van der Waals surface area contributed by atoms with E-state index in [0.717, 1.165) is 17.3 Å². The predicted octanol–water partition coefficient (Wildman–Crippen LogP) is 3.60. The van der Waals surface area contributed by atoms with E-state index in [0.29, 0.717) is 20.5 Å². The maximum absolute atomic E-state index is 12.6. The van der Waals surface area contributed by atoms with E-state index in [-0.39, 0.29) is 16.6 Å². The van der Waals surface area contributed by atoms with Crippen molar-refractivity contribution >= 4 is 50.4 Å². The molecule has 0 aliphatic carbocycles. The van der Waals surface area contributed by atoms with Crippen LogP contribution in [0.25, 0.3) is 6.08 Å². The van der Waals surface area contributed by atoms with Crippen LogP contribution in [0.5, 0.6) is 11.5 Å². The summed E-state index contributed by atoms with van der Waals surface area (Å²) in [5.41, 5.74) is 1.33. The predicted molar refractivity (Wildman–Crippen MR) is 113 cm³/mol. The van der Waals surface area contributed by atoms with E-state index < -0.39 is 10.1 Å². The number of carbonyl (C=O) groups excluding carboxylic acids is 1. The van der Waals surface area contributed by atoms with Gasteiger partial charge >= 0.3 is 10.1 Å². The van der Waals surface area contributed by atoms with Crippen molar-refractivity contribution in [1.82, 2.24) is 4.90 Å². The average Bonchev–Trinajstić information content (AvgIpc) is 2.90. The van der Waals surface area contributed by atoms with Crippen LogP contribution < -0.4 is 8.92 Å². The molecule has 9 heteroatoms. The minimum Gasteiger partial charge on any atom is -0.497 e. The zero-order valence-electron chi connectivity index (χ0n) is 15.3. The molecular weight excluding hydrogens is 418 g/mol. The maximum atomic E-state index is 12.6. The molecule has 28 heavy (non-hydrogen) atoms. The smallest absolute Gasteiger partial charge is 0.339 e. The zero-order chi connectivity index (χ0) is 20.5. The molecule has 0 N–H and O–H groups in total. The summed E-state index contributed by atoms with van der Waals surface area (Å²) in [5.74, 6) is 0.325. The van der Waals surface area contributed by atoms with Crippen molar-refractivity contribution in [3.05, 3.63) is 58.5 Å². The Bertz CT molecular complexity index is 1080. The number of aryl methyl sites for hydroxylation is 1. The number of thioether (sulfide) groups is 1. The van der Waals surface area contributed by atoms with Gasteiger partial charge in [0.15, 0.2) is 5.75 Å². The average molecular weight is 436 g/mol. The summed E-state index contributed by atoms with van der Waals surface area (Å²) in [7, 11) is -0.958. The molecule has 146 valence electrons. The minimum atomic E-state index is -4.04. The van der Waals surface area contributed by atoms with E-state index in [4.69, 9.17) is 21.1 Å². The van der Waals surface area contributed by atoms with Crippen LogP contribution in [0.2, 0.25) is 0 Å². The molecule has 1 aliphatic heterocycles. The van der Waals surface area contributed by atoms with Crippen molar-refractivity contribution < 1.29 is 22.1 Å². The Balaban J connectivity index is 2.01. The van der Waals surface area contributed by atoms with E-state index in [1.165, 1.54) is 30.2 Å². The van der Waals surface area contributed by atoms with E-state index >= 15 is 0 Å². The molecule has 2 aromatic rings. The fourth-order valence-corrected chi connectivity index (χ4v) is 4.52. The lowest BCUT2D eigenvalue weighted by molar-refractivity contribution is -0.121. The molecule has 2 aromatic carbocycles. The molecule has 0 bridgehead atoms. The highest BCUT2D eigenvalue weighted by atomic mass is 32.2. The summed E-state index contributed by atoms with van der Waals surface area (Å²) < 4.78 is 36.3. The first-order valence-corrected chi connectivity index (χ1v) is 10.8. The molecule has 0 radical (unpaired) electrons. The van der Waals surface area contributed by atoms with Crippen molar-refractivity contribution in [3.8, 4) is 11.5 Å². The van der Waals surface area contributed by atoms with Crippen molar-refractivity contribution in [2.75, 3.05) is 14.2 Å². The largest absolute Gasteiger partial charge is 0.497 e.